The highest BCUT2D eigenvalue weighted by Gasteiger charge is 2.02. The van der Waals surface area contributed by atoms with E-state index >= 15 is 0 Å². The summed E-state index contributed by atoms with van der Waals surface area (Å²) in [5.41, 5.74) is 0. The van der Waals surface area contributed by atoms with E-state index in [4.69, 9.17) is 5.11 Å². The van der Waals surface area contributed by atoms with Crippen molar-refractivity contribution in [2.75, 3.05) is 13.1 Å². The van der Waals surface area contributed by atoms with E-state index in [1.165, 1.54) is 0 Å². The Bertz CT molecular complexity index is 55.0. The molecule has 0 aliphatic rings. The highest BCUT2D eigenvalue weighted by Crippen LogP contribution is 1.91. The molecule has 0 bridgehead atoms. The predicted molar refractivity (Wildman–Crippen MR) is 41.8 cm³/mol. The third kappa shape index (κ3) is 4.70. The molecule has 0 saturated carbocycles. The molecule has 0 spiro atoms. The van der Waals surface area contributed by atoms with Crippen molar-refractivity contribution in [3.05, 3.63) is 0 Å². The Hall–Kier alpha value is 0.210. The van der Waals surface area contributed by atoms with Gasteiger partial charge in [-0.2, -0.15) is 0 Å². The average Bonchev–Trinajstić information content (AvgIpc) is 1.69. The molecular formula is C6H16ClNO. The Morgan fingerprint density at radius 1 is 1.33 bits per heavy atom. The summed E-state index contributed by atoms with van der Waals surface area (Å²) in [4.78, 5) is 1.97. The summed E-state index contributed by atoms with van der Waals surface area (Å²) in [7, 11) is 0. The second kappa shape index (κ2) is 6.33. The summed E-state index contributed by atoms with van der Waals surface area (Å²) < 4.78 is 0. The Labute approximate surface area is 63.3 Å². The first-order valence-corrected chi connectivity index (χ1v) is 3.14. The molecule has 9 heavy (non-hydrogen) atoms. The molecule has 0 amide bonds. The van der Waals surface area contributed by atoms with Gasteiger partial charge in [0.25, 0.3) is 0 Å². The van der Waals surface area contributed by atoms with Crippen molar-refractivity contribution in [1.82, 2.24) is 4.90 Å². The molecule has 3 heteroatoms. The van der Waals surface area contributed by atoms with Gasteiger partial charge in [0.15, 0.2) is 0 Å². The normalized spacial score (nSPS) is 13.0. The fourth-order valence-corrected chi connectivity index (χ4v) is 0.752. The lowest BCUT2D eigenvalue weighted by atomic mass is 10.5. The van der Waals surface area contributed by atoms with Gasteiger partial charge < -0.3 is 5.11 Å². The minimum absolute atomic E-state index is 0. The maximum Gasteiger partial charge on any atom is 0.104 e. The van der Waals surface area contributed by atoms with Crippen LogP contribution in [-0.2, 0) is 0 Å². The third-order valence-corrected chi connectivity index (χ3v) is 1.34. The van der Waals surface area contributed by atoms with E-state index in [0.717, 1.165) is 13.1 Å². The Morgan fingerprint density at radius 2 is 1.67 bits per heavy atom. The van der Waals surface area contributed by atoms with Crippen LogP contribution >= 0.6 is 12.4 Å². The molecule has 0 aliphatic carbocycles. The summed E-state index contributed by atoms with van der Waals surface area (Å²) in [6, 6.07) is 0. The molecule has 0 aliphatic heterocycles. The van der Waals surface area contributed by atoms with Gasteiger partial charge in [0.05, 0.1) is 0 Å². The van der Waals surface area contributed by atoms with Gasteiger partial charge in [0.1, 0.15) is 6.23 Å². The molecule has 2 nitrogen and oxygen atoms in total. The maximum atomic E-state index is 8.94. The van der Waals surface area contributed by atoms with Crippen LogP contribution in [0.2, 0.25) is 0 Å². The Kier molecular flexibility index (Phi) is 8.40. The van der Waals surface area contributed by atoms with Crippen LogP contribution in [0, 0.1) is 0 Å². The van der Waals surface area contributed by atoms with Crippen molar-refractivity contribution in [2.45, 2.75) is 27.0 Å². The number of nitrogens with zero attached hydrogens (tertiary/aromatic N) is 1. The fraction of sp³-hybridized carbons (Fsp3) is 1.00. The zero-order valence-corrected chi connectivity index (χ0v) is 7.11. The molecule has 1 atom stereocenters. The first-order chi connectivity index (χ1) is 3.72. The van der Waals surface area contributed by atoms with Crippen molar-refractivity contribution in [2.24, 2.45) is 0 Å². The maximum absolute atomic E-state index is 8.94. The van der Waals surface area contributed by atoms with Crippen LogP contribution in [0.1, 0.15) is 20.8 Å². The first kappa shape index (κ1) is 11.9. The van der Waals surface area contributed by atoms with Crippen molar-refractivity contribution < 1.29 is 5.11 Å². The molecule has 0 aromatic rings. The predicted octanol–water partition coefficient (Wildman–Crippen LogP) is 1.09. The minimum Gasteiger partial charge on any atom is -0.379 e. The SMILES string of the molecule is CCN(CC)C(C)O.Cl. The van der Waals surface area contributed by atoms with E-state index in [2.05, 4.69) is 0 Å². The third-order valence-electron chi connectivity index (χ3n) is 1.34. The first-order valence-electron chi connectivity index (χ1n) is 3.14. The zero-order chi connectivity index (χ0) is 6.57. The molecule has 0 saturated heterocycles. The molecule has 0 radical (unpaired) electrons. The van der Waals surface area contributed by atoms with Crippen LogP contribution in [0.3, 0.4) is 0 Å². The van der Waals surface area contributed by atoms with Crippen LogP contribution in [0.25, 0.3) is 0 Å². The molecule has 1 unspecified atom stereocenters. The highest BCUT2D eigenvalue weighted by atomic mass is 35.5. The lowest BCUT2D eigenvalue weighted by Crippen LogP contribution is -2.32. The van der Waals surface area contributed by atoms with Crippen LogP contribution in [0.15, 0.2) is 0 Å². The molecule has 0 aromatic heterocycles. The average molecular weight is 154 g/mol. The summed E-state index contributed by atoms with van der Waals surface area (Å²) in [5.74, 6) is 0. The van der Waals surface area contributed by atoms with Crippen LogP contribution in [0.5, 0.6) is 0 Å². The van der Waals surface area contributed by atoms with Gasteiger partial charge in [-0.25, -0.2) is 0 Å². The zero-order valence-electron chi connectivity index (χ0n) is 6.29. The van der Waals surface area contributed by atoms with Gasteiger partial charge in [0, 0.05) is 0 Å². The second-order valence-corrected chi connectivity index (χ2v) is 1.85. The molecule has 0 rings (SSSR count). The molecule has 0 heterocycles. The fourth-order valence-electron chi connectivity index (χ4n) is 0.752. The van der Waals surface area contributed by atoms with E-state index < -0.39 is 0 Å². The number of rotatable bonds is 3. The van der Waals surface area contributed by atoms with Gasteiger partial charge in [-0.15, -0.1) is 12.4 Å². The number of aliphatic hydroxyl groups excluding tert-OH is 1. The number of aliphatic hydroxyl groups is 1. The van der Waals surface area contributed by atoms with E-state index in [1.807, 2.05) is 18.7 Å². The monoisotopic (exact) mass is 153 g/mol. The van der Waals surface area contributed by atoms with Crippen molar-refractivity contribution in [3.63, 3.8) is 0 Å². The summed E-state index contributed by atoms with van der Waals surface area (Å²) >= 11 is 0. The highest BCUT2D eigenvalue weighted by molar-refractivity contribution is 5.85. The minimum atomic E-state index is -0.287. The van der Waals surface area contributed by atoms with E-state index in [0.29, 0.717) is 0 Å². The molecular weight excluding hydrogens is 138 g/mol. The van der Waals surface area contributed by atoms with Gasteiger partial charge in [-0.05, 0) is 20.0 Å². The van der Waals surface area contributed by atoms with E-state index in [9.17, 15) is 0 Å². The topological polar surface area (TPSA) is 23.5 Å². The number of hydrogen-bond donors (Lipinski definition) is 1. The van der Waals surface area contributed by atoms with Gasteiger partial charge >= 0.3 is 0 Å². The molecule has 0 aromatic carbocycles. The van der Waals surface area contributed by atoms with Crippen molar-refractivity contribution in [1.29, 1.82) is 0 Å². The molecule has 58 valence electrons. The van der Waals surface area contributed by atoms with Crippen molar-refractivity contribution in [3.8, 4) is 0 Å². The van der Waals surface area contributed by atoms with Crippen LogP contribution in [0.4, 0.5) is 0 Å². The largest absolute Gasteiger partial charge is 0.379 e. The lowest BCUT2D eigenvalue weighted by Gasteiger charge is -2.20. The summed E-state index contributed by atoms with van der Waals surface area (Å²) in [6.45, 7) is 7.71. The number of halogens is 1. The molecule has 1 N–H and O–H groups in total. The Balaban J connectivity index is 0. The van der Waals surface area contributed by atoms with Gasteiger partial charge in [-0.3, -0.25) is 4.90 Å². The van der Waals surface area contributed by atoms with Gasteiger partial charge in [-0.1, -0.05) is 13.8 Å². The van der Waals surface area contributed by atoms with E-state index in [-0.39, 0.29) is 18.6 Å². The van der Waals surface area contributed by atoms with Crippen LogP contribution < -0.4 is 0 Å². The smallest absolute Gasteiger partial charge is 0.104 e. The van der Waals surface area contributed by atoms with Crippen LogP contribution in [-0.4, -0.2) is 29.3 Å². The summed E-state index contributed by atoms with van der Waals surface area (Å²) in [6.07, 6.45) is -0.287. The van der Waals surface area contributed by atoms with Gasteiger partial charge in [0.2, 0.25) is 0 Å². The lowest BCUT2D eigenvalue weighted by molar-refractivity contribution is 0.0265. The quantitative estimate of drug-likeness (QED) is 0.614. The Morgan fingerprint density at radius 3 is 1.67 bits per heavy atom. The summed E-state index contributed by atoms with van der Waals surface area (Å²) in [5, 5.41) is 8.94. The van der Waals surface area contributed by atoms with E-state index in [1.54, 1.807) is 6.92 Å². The van der Waals surface area contributed by atoms with Crippen molar-refractivity contribution >= 4 is 12.4 Å². The second-order valence-electron chi connectivity index (χ2n) is 1.85. The molecule has 0 fully saturated rings. The standard InChI is InChI=1S/C6H15NO.ClH/c1-4-7(5-2)6(3)8;/h6,8H,4-5H2,1-3H3;1H. The number of hydrogen-bond acceptors (Lipinski definition) is 2.